The number of amides is 1. The number of aromatic nitrogens is 1. The molecule has 1 aromatic carbocycles. The Labute approximate surface area is 113 Å². The van der Waals surface area contributed by atoms with Crippen LogP contribution in [0.5, 0.6) is 0 Å². The Morgan fingerprint density at radius 1 is 1.26 bits per heavy atom. The highest BCUT2D eigenvalue weighted by molar-refractivity contribution is 5.93. The second-order valence-corrected chi connectivity index (χ2v) is 4.62. The van der Waals surface area contributed by atoms with Gasteiger partial charge in [-0.15, -0.1) is 0 Å². The molecule has 2 aromatic rings. The van der Waals surface area contributed by atoms with Crippen molar-refractivity contribution in [3.05, 3.63) is 53.3 Å². The Bertz CT molecular complexity index is 570. The van der Waals surface area contributed by atoms with E-state index in [-0.39, 0.29) is 5.91 Å². The lowest BCUT2D eigenvalue weighted by Crippen LogP contribution is -2.24. The normalized spacial score (nSPS) is 10.4. The van der Waals surface area contributed by atoms with Crippen molar-refractivity contribution in [2.45, 2.75) is 19.9 Å². The molecule has 0 fully saturated rings. The average molecular weight is 257 g/mol. The van der Waals surface area contributed by atoms with E-state index in [9.17, 15) is 4.79 Å². The molecule has 0 aliphatic carbocycles. The maximum Gasteiger partial charge on any atom is 0.268 e. The number of nitrogens with one attached hydrogen (secondary N) is 1. The molecule has 0 atom stereocenters. The molecule has 4 heteroatoms. The number of anilines is 1. The van der Waals surface area contributed by atoms with E-state index in [0.717, 1.165) is 12.0 Å². The summed E-state index contributed by atoms with van der Waals surface area (Å²) in [5.41, 5.74) is 9.21. The number of nitrogens with zero attached hydrogens (tertiary/aromatic N) is 1. The molecule has 0 spiro atoms. The molecule has 1 aromatic heterocycles. The van der Waals surface area contributed by atoms with Crippen LogP contribution in [0, 0.1) is 0 Å². The van der Waals surface area contributed by atoms with Gasteiger partial charge in [0.05, 0.1) is 5.69 Å². The summed E-state index contributed by atoms with van der Waals surface area (Å²) in [4.78, 5) is 12.0. The molecule has 0 saturated carbocycles. The summed E-state index contributed by atoms with van der Waals surface area (Å²) in [5.74, 6) is -0.112. The van der Waals surface area contributed by atoms with Gasteiger partial charge in [0.25, 0.3) is 5.91 Å². The van der Waals surface area contributed by atoms with Gasteiger partial charge >= 0.3 is 0 Å². The van der Waals surface area contributed by atoms with Crippen molar-refractivity contribution >= 4 is 11.6 Å². The molecule has 100 valence electrons. The fraction of sp³-hybridized carbons (Fsp3) is 0.267. The molecular formula is C15H19N3O. The largest absolute Gasteiger partial charge is 0.397 e. The average Bonchev–Trinajstić information content (AvgIpc) is 2.75. The van der Waals surface area contributed by atoms with E-state index in [1.807, 2.05) is 12.1 Å². The summed E-state index contributed by atoms with van der Waals surface area (Å²) < 4.78 is 1.73. The summed E-state index contributed by atoms with van der Waals surface area (Å²) in [6.45, 7) is 2.64. The van der Waals surface area contributed by atoms with E-state index in [2.05, 4.69) is 24.4 Å². The molecule has 1 heterocycles. The first-order chi connectivity index (χ1) is 9.10. The lowest BCUT2D eigenvalue weighted by Gasteiger charge is -2.06. The van der Waals surface area contributed by atoms with Crippen molar-refractivity contribution in [1.29, 1.82) is 0 Å². The zero-order chi connectivity index (χ0) is 13.8. The smallest absolute Gasteiger partial charge is 0.268 e. The summed E-state index contributed by atoms with van der Waals surface area (Å²) in [5, 5.41) is 2.89. The molecule has 1 amide bonds. The van der Waals surface area contributed by atoms with E-state index in [1.165, 1.54) is 5.56 Å². The third-order valence-corrected chi connectivity index (χ3v) is 3.14. The number of rotatable bonds is 4. The topological polar surface area (TPSA) is 60.1 Å². The third-order valence-electron chi connectivity index (χ3n) is 3.14. The van der Waals surface area contributed by atoms with Gasteiger partial charge < -0.3 is 15.6 Å². The second-order valence-electron chi connectivity index (χ2n) is 4.62. The molecule has 0 saturated heterocycles. The van der Waals surface area contributed by atoms with E-state index in [1.54, 1.807) is 23.9 Å². The number of nitrogen functional groups attached to an aromatic ring is 1. The number of nitrogens with two attached hydrogens (primary N) is 1. The fourth-order valence-corrected chi connectivity index (χ4v) is 1.98. The highest BCUT2D eigenvalue weighted by Crippen LogP contribution is 2.09. The van der Waals surface area contributed by atoms with Crippen LogP contribution in [-0.2, 0) is 20.0 Å². The van der Waals surface area contributed by atoms with E-state index >= 15 is 0 Å². The van der Waals surface area contributed by atoms with Crippen LogP contribution in [0.15, 0.2) is 36.5 Å². The van der Waals surface area contributed by atoms with Gasteiger partial charge in [-0.25, -0.2) is 0 Å². The Morgan fingerprint density at radius 2 is 1.89 bits per heavy atom. The van der Waals surface area contributed by atoms with Crippen molar-refractivity contribution in [3.63, 3.8) is 0 Å². The Hall–Kier alpha value is -2.23. The molecule has 0 aliphatic heterocycles. The number of carbonyl (C=O) groups excluding carboxylic acids is 1. The molecule has 0 aliphatic rings. The molecular weight excluding hydrogens is 238 g/mol. The van der Waals surface area contributed by atoms with Crippen LogP contribution in [0.3, 0.4) is 0 Å². The summed E-state index contributed by atoms with van der Waals surface area (Å²) in [6.07, 6.45) is 2.75. The van der Waals surface area contributed by atoms with Crippen molar-refractivity contribution in [2.24, 2.45) is 7.05 Å². The van der Waals surface area contributed by atoms with Crippen molar-refractivity contribution in [2.75, 3.05) is 5.73 Å². The fourth-order valence-electron chi connectivity index (χ4n) is 1.98. The van der Waals surface area contributed by atoms with Crippen molar-refractivity contribution in [3.8, 4) is 0 Å². The quantitative estimate of drug-likeness (QED) is 0.881. The molecule has 0 unspecified atom stereocenters. The summed E-state index contributed by atoms with van der Waals surface area (Å²) in [6, 6.07) is 9.93. The van der Waals surface area contributed by atoms with Gasteiger partial charge in [0.2, 0.25) is 0 Å². The number of benzene rings is 1. The summed E-state index contributed by atoms with van der Waals surface area (Å²) >= 11 is 0. The first kappa shape index (κ1) is 13.2. The van der Waals surface area contributed by atoms with Gasteiger partial charge in [0.1, 0.15) is 5.69 Å². The van der Waals surface area contributed by atoms with Crippen LogP contribution < -0.4 is 11.1 Å². The standard InChI is InChI=1S/C15H19N3O/c1-3-11-4-6-12(7-5-11)9-17-15(19)14-8-13(16)10-18(14)2/h4-8,10H,3,9,16H2,1-2H3,(H,17,19). The van der Waals surface area contributed by atoms with Gasteiger partial charge in [-0.3, -0.25) is 4.79 Å². The maximum absolute atomic E-state index is 12.0. The lowest BCUT2D eigenvalue weighted by atomic mass is 10.1. The highest BCUT2D eigenvalue weighted by atomic mass is 16.1. The number of carbonyl (C=O) groups is 1. The van der Waals surface area contributed by atoms with E-state index < -0.39 is 0 Å². The number of hydrogen-bond donors (Lipinski definition) is 2. The minimum absolute atomic E-state index is 0.112. The van der Waals surface area contributed by atoms with Gasteiger partial charge in [-0.05, 0) is 23.6 Å². The maximum atomic E-state index is 12.0. The number of hydrogen-bond acceptors (Lipinski definition) is 2. The first-order valence-electron chi connectivity index (χ1n) is 6.38. The monoisotopic (exact) mass is 257 g/mol. The molecule has 2 rings (SSSR count). The van der Waals surface area contributed by atoms with Gasteiger partial charge in [0, 0.05) is 19.8 Å². The third kappa shape index (κ3) is 3.16. The van der Waals surface area contributed by atoms with Crippen molar-refractivity contribution in [1.82, 2.24) is 9.88 Å². The molecule has 4 nitrogen and oxygen atoms in total. The van der Waals surface area contributed by atoms with E-state index in [4.69, 9.17) is 5.73 Å². The predicted molar refractivity (Wildman–Crippen MR) is 76.8 cm³/mol. The lowest BCUT2D eigenvalue weighted by molar-refractivity contribution is 0.0943. The van der Waals surface area contributed by atoms with Crippen LogP contribution in [0.4, 0.5) is 5.69 Å². The SMILES string of the molecule is CCc1ccc(CNC(=O)c2cc(N)cn2C)cc1. The first-order valence-corrected chi connectivity index (χ1v) is 6.38. The van der Waals surface area contributed by atoms with E-state index in [0.29, 0.717) is 17.9 Å². The van der Waals surface area contributed by atoms with Crippen LogP contribution in [-0.4, -0.2) is 10.5 Å². The summed E-state index contributed by atoms with van der Waals surface area (Å²) in [7, 11) is 1.81. The minimum Gasteiger partial charge on any atom is -0.397 e. The highest BCUT2D eigenvalue weighted by Gasteiger charge is 2.10. The Kier molecular flexibility index (Phi) is 3.90. The van der Waals surface area contributed by atoms with Crippen LogP contribution in [0.2, 0.25) is 0 Å². The molecule has 3 N–H and O–H groups in total. The van der Waals surface area contributed by atoms with Crippen LogP contribution >= 0.6 is 0 Å². The van der Waals surface area contributed by atoms with Crippen molar-refractivity contribution < 1.29 is 4.79 Å². The Morgan fingerprint density at radius 3 is 2.42 bits per heavy atom. The predicted octanol–water partition coefficient (Wildman–Crippen LogP) is 2.10. The molecule has 19 heavy (non-hydrogen) atoms. The zero-order valence-electron chi connectivity index (χ0n) is 11.3. The van der Waals surface area contributed by atoms with Crippen LogP contribution in [0.25, 0.3) is 0 Å². The number of aryl methyl sites for hydroxylation is 2. The zero-order valence-corrected chi connectivity index (χ0v) is 11.3. The Balaban J connectivity index is 1.98. The minimum atomic E-state index is -0.112. The molecule has 0 bridgehead atoms. The molecule has 0 radical (unpaired) electrons. The van der Waals surface area contributed by atoms with Crippen LogP contribution in [0.1, 0.15) is 28.5 Å². The van der Waals surface area contributed by atoms with Gasteiger partial charge in [-0.1, -0.05) is 31.2 Å². The van der Waals surface area contributed by atoms with Gasteiger partial charge in [0.15, 0.2) is 0 Å². The van der Waals surface area contributed by atoms with Gasteiger partial charge in [-0.2, -0.15) is 0 Å². The second kappa shape index (κ2) is 5.61.